The van der Waals surface area contributed by atoms with Gasteiger partial charge in [-0.1, -0.05) is 47.6 Å². The summed E-state index contributed by atoms with van der Waals surface area (Å²) in [6.07, 6.45) is 0. The van der Waals surface area contributed by atoms with Crippen molar-refractivity contribution in [2.75, 3.05) is 36.0 Å². The largest absolute Gasteiger partial charge is 0.368 e. The minimum Gasteiger partial charge on any atom is -0.368 e. The fourth-order valence-corrected chi connectivity index (χ4v) is 4.56. The Hall–Kier alpha value is -3.60. The molecular formula is C24H19N3O2. The van der Waals surface area contributed by atoms with Crippen LogP contribution >= 0.6 is 0 Å². The average Bonchev–Trinajstić information content (AvgIpc) is 3.23. The van der Waals surface area contributed by atoms with Gasteiger partial charge in [0, 0.05) is 48.7 Å². The van der Waals surface area contributed by atoms with Gasteiger partial charge in [-0.2, -0.15) is 0 Å². The summed E-state index contributed by atoms with van der Waals surface area (Å²) in [6, 6.07) is 22.1. The highest BCUT2D eigenvalue weighted by Crippen LogP contribution is 2.43. The van der Waals surface area contributed by atoms with E-state index in [1.807, 2.05) is 42.5 Å². The monoisotopic (exact) mass is 381 g/mol. The molecule has 0 amide bonds. The number of fused-ring (bicyclic) bond motifs is 2. The van der Waals surface area contributed by atoms with E-state index in [9.17, 15) is 4.79 Å². The predicted octanol–water partition coefficient (Wildman–Crippen LogP) is 4.37. The van der Waals surface area contributed by atoms with Gasteiger partial charge in [0.2, 0.25) is 0 Å². The van der Waals surface area contributed by atoms with Crippen molar-refractivity contribution in [3.8, 4) is 11.3 Å². The highest BCUT2D eigenvalue weighted by molar-refractivity contribution is 6.27. The fourth-order valence-electron chi connectivity index (χ4n) is 4.56. The molecule has 1 aromatic heterocycles. The average molecular weight is 381 g/mol. The first-order valence-electron chi connectivity index (χ1n) is 9.93. The van der Waals surface area contributed by atoms with Crippen LogP contribution in [0.2, 0.25) is 0 Å². The van der Waals surface area contributed by atoms with E-state index in [2.05, 4.69) is 39.2 Å². The highest BCUT2D eigenvalue weighted by Gasteiger charge is 2.33. The highest BCUT2D eigenvalue weighted by atomic mass is 16.5. The second-order valence-electron chi connectivity index (χ2n) is 7.55. The van der Waals surface area contributed by atoms with Crippen LogP contribution in [0.3, 0.4) is 0 Å². The van der Waals surface area contributed by atoms with Crippen LogP contribution in [-0.4, -0.2) is 37.1 Å². The van der Waals surface area contributed by atoms with Crippen molar-refractivity contribution < 1.29 is 9.32 Å². The molecule has 0 saturated carbocycles. The first-order chi connectivity index (χ1) is 14.3. The van der Waals surface area contributed by atoms with E-state index < -0.39 is 0 Å². The maximum atomic E-state index is 13.4. The number of aromatic nitrogens is 1. The standard InChI is InChI=1S/C24H19N3O2/c28-23-17-8-4-5-9-18(17)24-21-19(25-29-24)10-11-20(22(21)23)27-14-12-26(13-15-27)16-6-2-1-3-7-16/h1-11H,12-15H2. The van der Waals surface area contributed by atoms with Crippen LogP contribution in [0.1, 0.15) is 15.9 Å². The molecule has 1 aliphatic carbocycles. The molecule has 6 rings (SSSR count). The van der Waals surface area contributed by atoms with Crippen molar-refractivity contribution in [1.29, 1.82) is 0 Å². The third-order valence-corrected chi connectivity index (χ3v) is 6.01. The van der Waals surface area contributed by atoms with Gasteiger partial charge < -0.3 is 14.3 Å². The molecule has 1 saturated heterocycles. The lowest BCUT2D eigenvalue weighted by Gasteiger charge is -2.38. The maximum absolute atomic E-state index is 13.4. The quantitative estimate of drug-likeness (QED) is 0.455. The van der Waals surface area contributed by atoms with Crippen LogP contribution in [0.25, 0.3) is 22.2 Å². The van der Waals surface area contributed by atoms with Crippen LogP contribution < -0.4 is 9.80 Å². The van der Waals surface area contributed by atoms with Crippen LogP contribution in [-0.2, 0) is 0 Å². The topological polar surface area (TPSA) is 49.6 Å². The van der Waals surface area contributed by atoms with E-state index in [0.717, 1.165) is 53.9 Å². The number of carbonyl (C=O) groups is 1. The number of benzene rings is 3. The lowest BCUT2D eigenvalue weighted by molar-refractivity contribution is 0.104. The van der Waals surface area contributed by atoms with E-state index in [0.29, 0.717) is 11.3 Å². The van der Waals surface area contributed by atoms with Gasteiger partial charge in [-0.3, -0.25) is 4.79 Å². The Labute approximate surface area is 168 Å². The number of carbonyl (C=O) groups excluding carboxylic acids is 1. The van der Waals surface area contributed by atoms with Crippen LogP contribution in [0.5, 0.6) is 0 Å². The van der Waals surface area contributed by atoms with E-state index in [4.69, 9.17) is 4.52 Å². The van der Waals surface area contributed by atoms with Gasteiger partial charge in [-0.15, -0.1) is 0 Å². The summed E-state index contributed by atoms with van der Waals surface area (Å²) in [4.78, 5) is 18.1. The van der Waals surface area contributed by atoms with Gasteiger partial charge in [0.15, 0.2) is 11.5 Å². The number of hydrogen-bond donors (Lipinski definition) is 0. The normalized spacial score (nSPS) is 15.7. The summed E-state index contributed by atoms with van der Waals surface area (Å²) in [5.41, 5.74) is 5.21. The molecule has 3 aromatic carbocycles. The molecule has 1 fully saturated rings. The lowest BCUT2D eigenvalue weighted by atomic mass is 9.86. The van der Waals surface area contributed by atoms with Gasteiger partial charge in [-0.25, -0.2) is 0 Å². The molecule has 0 bridgehead atoms. The molecule has 0 atom stereocenters. The van der Waals surface area contributed by atoms with Gasteiger partial charge in [0.05, 0.1) is 10.9 Å². The summed E-state index contributed by atoms with van der Waals surface area (Å²) >= 11 is 0. The second-order valence-corrected chi connectivity index (χ2v) is 7.55. The van der Waals surface area contributed by atoms with Gasteiger partial charge in [-0.05, 0) is 24.3 Å². The Bertz CT molecular complexity index is 1240. The maximum Gasteiger partial charge on any atom is 0.196 e. The second kappa shape index (κ2) is 6.21. The molecule has 2 heterocycles. The molecule has 5 nitrogen and oxygen atoms in total. The molecule has 0 unspecified atom stereocenters. The zero-order valence-corrected chi connectivity index (χ0v) is 15.8. The number of hydrogen-bond acceptors (Lipinski definition) is 5. The van der Waals surface area contributed by atoms with E-state index in [1.165, 1.54) is 5.69 Å². The van der Waals surface area contributed by atoms with E-state index >= 15 is 0 Å². The molecule has 142 valence electrons. The van der Waals surface area contributed by atoms with Crippen molar-refractivity contribution in [1.82, 2.24) is 5.16 Å². The Balaban J connectivity index is 1.40. The van der Waals surface area contributed by atoms with Gasteiger partial charge in [0.25, 0.3) is 0 Å². The third-order valence-electron chi connectivity index (χ3n) is 6.01. The molecule has 1 aliphatic heterocycles. The number of ketones is 1. The minimum atomic E-state index is 0.0578. The predicted molar refractivity (Wildman–Crippen MR) is 114 cm³/mol. The Morgan fingerprint density at radius 2 is 1.45 bits per heavy atom. The molecule has 0 N–H and O–H groups in total. The Morgan fingerprint density at radius 1 is 0.759 bits per heavy atom. The Morgan fingerprint density at radius 3 is 2.24 bits per heavy atom. The number of piperazine rings is 1. The summed E-state index contributed by atoms with van der Waals surface area (Å²) < 4.78 is 5.66. The first kappa shape index (κ1) is 16.4. The molecule has 0 radical (unpaired) electrons. The van der Waals surface area contributed by atoms with Crippen molar-refractivity contribution in [2.24, 2.45) is 0 Å². The zero-order valence-electron chi connectivity index (χ0n) is 15.8. The summed E-state index contributed by atoms with van der Waals surface area (Å²) in [7, 11) is 0. The van der Waals surface area contributed by atoms with Crippen LogP contribution in [0.4, 0.5) is 11.4 Å². The van der Waals surface area contributed by atoms with Gasteiger partial charge >= 0.3 is 0 Å². The Kier molecular flexibility index (Phi) is 3.50. The zero-order chi connectivity index (χ0) is 19.4. The first-order valence-corrected chi connectivity index (χ1v) is 9.93. The summed E-state index contributed by atoms with van der Waals surface area (Å²) in [6.45, 7) is 3.57. The molecule has 4 aromatic rings. The van der Waals surface area contributed by atoms with Crippen molar-refractivity contribution in [3.05, 3.63) is 77.9 Å². The summed E-state index contributed by atoms with van der Waals surface area (Å²) in [5.74, 6) is 0.761. The number of rotatable bonds is 2. The smallest absolute Gasteiger partial charge is 0.196 e. The van der Waals surface area contributed by atoms with Crippen LogP contribution in [0.15, 0.2) is 71.3 Å². The molecule has 5 heteroatoms. The van der Waals surface area contributed by atoms with Crippen molar-refractivity contribution in [2.45, 2.75) is 0 Å². The SMILES string of the molecule is O=C1c2ccccc2-c2onc3ccc(N4CCN(c5ccccc5)CC4)c1c23. The summed E-state index contributed by atoms with van der Waals surface area (Å²) in [5, 5.41) is 5.05. The molecule has 2 aliphatic rings. The molecule has 29 heavy (non-hydrogen) atoms. The van der Waals surface area contributed by atoms with E-state index in [-0.39, 0.29) is 5.78 Å². The molecular weight excluding hydrogens is 362 g/mol. The van der Waals surface area contributed by atoms with Crippen molar-refractivity contribution in [3.63, 3.8) is 0 Å². The molecule has 0 spiro atoms. The van der Waals surface area contributed by atoms with Crippen molar-refractivity contribution >= 4 is 28.1 Å². The third kappa shape index (κ3) is 2.40. The van der Waals surface area contributed by atoms with Crippen LogP contribution in [0, 0.1) is 0 Å². The van der Waals surface area contributed by atoms with Gasteiger partial charge in [0.1, 0.15) is 5.52 Å². The fraction of sp³-hybridized carbons (Fsp3) is 0.167. The minimum absolute atomic E-state index is 0.0578. The number of para-hydroxylation sites is 1. The van der Waals surface area contributed by atoms with E-state index in [1.54, 1.807) is 0 Å². The number of anilines is 2. The lowest BCUT2D eigenvalue weighted by Crippen LogP contribution is -2.47. The number of nitrogens with zero attached hydrogens (tertiary/aromatic N) is 3.